The van der Waals surface area contributed by atoms with Gasteiger partial charge >= 0.3 is 5.97 Å². The van der Waals surface area contributed by atoms with Gasteiger partial charge in [0, 0.05) is 11.6 Å². The van der Waals surface area contributed by atoms with Gasteiger partial charge in [-0.25, -0.2) is 4.98 Å². The van der Waals surface area contributed by atoms with Gasteiger partial charge in [0.05, 0.1) is 28.4 Å². The Kier molecular flexibility index (Phi) is 2.64. The Bertz CT molecular complexity index is 1280. The molecule has 5 nitrogen and oxygen atoms in total. The van der Waals surface area contributed by atoms with E-state index in [1.165, 1.54) is 30.2 Å². The third kappa shape index (κ3) is 1.72. The summed E-state index contributed by atoms with van der Waals surface area (Å²) in [7, 11) is 0. The predicted molar refractivity (Wildman–Crippen MR) is 97.8 cm³/mol. The minimum atomic E-state index is -0.330. The summed E-state index contributed by atoms with van der Waals surface area (Å²) in [6.45, 7) is 0. The molecule has 4 heterocycles. The van der Waals surface area contributed by atoms with Gasteiger partial charge in [-0.05, 0) is 60.4 Å². The summed E-state index contributed by atoms with van der Waals surface area (Å²) in [5.41, 5.74) is 6.01. The average Bonchev–Trinajstić information content (AvgIpc) is 3.01. The second kappa shape index (κ2) is 4.81. The number of ether oxygens (including phenoxy) is 1. The van der Waals surface area contributed by atoms with Crippen LogP contribution in [0.15, 0.2) is 23.1 Å². The predicted octanol–water partition coefficient (Wildman–Crippen LogP) is 2.24. The number of rotatable bonds is 0. The zero-order valence-electron chi connectivity index (χ0n) is 14.1. The van der Waals surface area contributed by atoms with Crippen molar-refractivity contribution < 1.29 is 9.53 Å². The van der Waals surface area contributed by atoms with Gasteiger partial charge in [0.1, 0.15) is 6.26 Å². The Morgan fingerprint density at radius 2 is 2.19 bits per heavy atom. The van der Waals surface area contributed by atoms with E-state index in [1.807, 2.05) is 12.3 Å². The van der Waals surface area contributed by atoms with Gasteiger partial charge < -0.3 is 4.74 Å². The molecular weight excluding hydrogens is 328 g/mol. The van der Waals surface area contributed by atoms with Crippen molar-refractivity contribution in [3.8, 4) is 0 Å². The molecule has 2 aliphatic carbocycles. The van der Waals surface area contributed by atoms with E-state index in [0.717, 1.165) is 40.5 Å². The fourth-order valence-corrected chi connectivity index (χ4v) is 4.84. The van der Waals surface area contributed by atoms with Gasteiger partial charge in [0.2, 0.25) is 0 Å². The highest BCUT2D eigenvalue weighted by Gasteiger charge is 2.28. The Morgan fingerprint density at radius 3 is 3.12 bits per heavy atom. The van der Waals surface area contributed by atoms with E-state index in [0.29, 0.717) is 11.1 Å². The number of fused-ring (bicyclic) bond motifs is 5. The summed E-state index contributed by atoms with van der Waals surface area (Å²) in [5.74, 6) is 0.223. The zero-order valence-corrected chi connectivity index (χ0v) is 14.1. The van der Waals surface area contributed by atoms with Crippen LogP contribution in [0.1, 0.15) is 47.6 Å². The minimum Gasteiger partial charge on any atom is -0.433 e. The summed E-state index contributed by atoms with van der Waals surface area (Å²) in [6.07, 6.45) is 12.2. The highest BCUT2D eigenvalue weighted by atomic mass is 16.5. The van der Waals surface area contributed by atoms with E-state index >= 15 is 0 Å². The highest BCUT2D eigenvalue weighted by Crippen LogP contribution is 2.42. The Morgan fingerprint density at radius 1 is 1.27 bits per heavy atom. The second-order valence-electron chi connectivity index (χ2n) is 7.44. The monoisotopic (exact) mass is 344 g/mol. The molecule has 0 saturated carbocycles. The summed E-state index contributed by atoms with van der Waals surface area (Å²) in [4.78, 5) is 29.5. The van der Waals surface area contributed by atoms with Gasteiger partial charge in [-0.3, -0.25) is 14.0 Å². The molecule has 1 aliphatic heterocycles. The van der Waals surface area contributed by atoms with Gasteiger partial charge in [0.15, 0.2) is 0 Å². The number of hydrogen-bond acceptors (Lipinski definition) is 4. The number of cyclic esters (lactones) is 1. The number of aromatic nitrogens is 2. The fraction of sp³-hybridized carbons (Fsp3) is 0.286. The Hall–Kier alpha value is -2.95. The van der Waals surface area contributed by atoms with Crippen molar-refractivity contribution in [1.82, 2.24) is 9.38 Å². The molecule has 3 aromatic heterocycles. The fourth-order valence-electron chi connectivity index (χ4n) is 4.84. The van der Waals surface area contributed by atoms with Crippen LogP contribution in [0.2, 0.25) is 0 Å². The van der Waals surface area contributed by atoms with Crippen molar-refractivity contribution >= 4 is 34.7 Å². The number of carbonyl (C=O) groups is 1. The number of carbonyl (C=O) groups excluding carboxylic acids is 1. The van der Waals surface area contributed by atoms with Crippen LogP contribution < -0.4 is 10.8 Å². The van der Waals surface area contributed by atoms with Crippen molar-refractivity contribution in [1.29, 1.82) is 0 Å². The topological polar surface area (TPSA) is 60.7 Å². The lowest BCUT2D eigenvalue weighted by Crippen LogP contribution is -2.37. The third-order valence-corrected chi connectivity index (χ3v) is 6.01. The number of pyridine rings is 2. The van der Waals surface area contributed by atoms with Crippen LogP contribution in [-0.2, 0) is 22.4 Å². The van der Waals surface area contributed by atoms with E-state index in [4.69, 9.17) is 9.72 Å². The molecule has 0 spiro atoms. The number of esters is 1. The number of aryl methyl sites for hydroxylation is 1. The molecule has 0 saturated heterocycles. The van der Waals surface area contributed by atoms with Crippen LogP contribution in [0.4, 0.5) is 0 Å². The molecule has 1 unspecified atom stereocenters. The van der Waals surface area contributed by atoms with E-state index < -0.39 is 0 Å². The third-order valence-electron chi connectivity index (χ3n) is 6.01. The summed E-state index contributed by atoms with van der Waals surface area (Å²) < 4.78 is 6.62. The van der Waals surface area contributed by atoms with Gasteiger partial charge in [0.25, 0.3) is 5.56 Å². The maximum absolute atomic E-state index is 12.9. The maximum atomic E-state index is 12.9. The Labute approximate surface area is 148 Å². The lowest BCUT2D eigenvalue weighted by molar-refractivity contribution is -0.135. The number of hydrogen-bond donors (Lipinski definition) is 0. The Balaban J connectivity index is 1.78. The van der Waals surface area contributed by atoms with Gasteiger partial charge in [-0.2, -0.15) is 0 Å². The van der Waals surface area contributed by atoms with Crippen LogP contribution >= 0.6 is 0 Å². The molecular formula is C21H16N2O3. The van der Waals surface area contributed by atoms with Gasteiger partial charge in [-0.15, -0.1) is 0 Å². The molecule has 0 radical (unpaired) electrons. The lowest BCUT2D eigenvalue weighted by Gasteiger charge is -2.29. The van der Waals surface area contributed by atoms with E-state index in [1.54, 1.807) is 4.40 Å². The van der Waals surface area contributed by atoms with Crippen molar-refractivity contribution in [2.75, 3.05) is 0 Å². The average molecular weight is 344 g/mol. The molecule has 5 heteroatoms. The number of nitrogens with zero attached hydrogens (tertiary/aromatic N) is 2. The van der Waals surface area contributed by atoms with E-state index in [-0.39, 0.29) is 17.9 Å². The summed E-state index contributed by atoms with van der Waals surface area (Å²) >= 11 is 0. The standard InChI is InChI=1S/C21H16N2O3/c24-18-8-12-7-17-20-14(9-23(17)21(25)15(12)10-26-18)13-5-1-3-11-4-2-6-16(22-20)19(11)13/h2,6-7,9-11H,1,3-5,8H2. The molecule has 26 heavy (non-hydrogen) atoms. The van der Waals surface area contributed by atoms with Gasteiger partial charge in [-0.1, -0.05) is 6.08 Å². The molecule has 0 amide bonds. The molecule has 3 aliphatic rings. The van der Waals surface area contributed by atoms with Crippen molar-refractivity contribution in [3.05, 3.63) is 56.3 Å². The van der Waals surface area contributed by atoms with Crippen LogP contribution in [0.3, 0.4) is 0 Å². The normalized spacial score (nSPS) is 20.6. The van der Waals surface area contributed by atoms with Crippen molar-refractivity contribution in [2.24, 2.45) is 0 Å². The molecule has 6 rings (SSSR count). The molecule has 0 N–H and O–H groups in total. The summed E-state index contributed by atoms with van der Waals surface area (Å²) in [6, 6.07) is 1.93. The smallest absolute Gasteiger partial charge is 0.315 e. The first-order chi connectivity index (χ1) is 12.7. The zero-order chi connectivity index (χ0) is 17.4. The largest absolute Gasteiger partial charge is 0.433 e. The minimum absolute atomic E-state index is 0.129. The number of allylic oxidation sites excluding steroid dienone is 1. The molecule has 3 aromatic rings. The molecule has 0 aromatic carbocycles. The van der Waals surface area contributed by atoms with E-state index in [2.05, 4.69) is 12.2 Å². The summed E-state index contributed by atoms with van der Waals surface area (Å²) in [5, 5.41) is 1.55. The first-order valence-corrected chi connectivity index (χ1v) is 9.10. The second-order valence-corrected chi connectivity index (χ2v) is 7.44. The molecule has 1 atom stereocenters. The molecule has 128 valence electrons. The lowest BCUT2D eigenvalue weighted by atomic mass is 9.77. The SMILES string of the molecule is O=C1Cc2cc3c4nc5c6c(c4cn3c(=O)c2=CO1)CCCC6CC=C5. The van der Waals surface area contributed by atoms with Crippen molar-refractivity contribution in [3.63, 3.8) is 0 Å². The van der Waals surface area contributed by atoms with Crippen LogP contribution in [-0.4, -0.2) is 15.4 Å². The highest BCUT2D eigenvalue weighted by molar-refractivity contribution is 5.98. The molecule has 0 fully saturated rings. The van der Waals surface area contributed by atoms with E-state index in [9.17, 15) is 9.59 Å². The quantitative estimate of drug-likeness (QED) is 0.587. The van der Waals surface area contributed by atoms with Crippen LogP contribution in [0, 0.1) is 0 Å². The van der Waals surface area contributed by atoms with Crippen molar-refractivity contribution in [2.45, 2.75) is 38.0 Å². The van der Waals surface area contributed by atoms with Crippen LogP contribution in [0.5, 0.6) is 0 Å². The maximum Gasteiger partial charge on any atom is 0.315 e. The first kappa shape index (κ1) is 14.2. The molecule has 0 bridgehead atoms. The van der Waals surface area contributed by atoms with Crippen LogP contribution in [0.25, 0.3) is 28.8 Å². The first-order valence-electron chi connectivity index (χ1n) is 9.10.